The van der Waals surface area contributed by atoms with Gasteiger partial charge in [0.15, 0.2) is 0 Å². The maximum Gasteiger partial charge on any atom is 0.242 e. The first-order valence-electron chi connectivity index (χ1n) is 8.13. The van der Waals surface area contributed by atoms with Crippen LogP contribution in [0.25, 0.3) is 0 Å². The summed E-state index contributed by atoms with van der Waals surface area (Å²) in [6.07, 6.45) is 5.00. The number of rotatable bonds is 2. The number of morpholine rings is 1. The highest BCUT2D eigenvalue weighted by Crippen LogP contribution is 2.21. The smallest absolute Gasteiger partial charge is 0.242 e. The fourth-order valence-electron chi connectivity index (χ4n) is 3.77. The van der Waals surface area contributed by atoms with Crippen LogP contribution in [0.1, 0.15) is 32.6 Å². The molecule has 5 nitrogen and oxygen atoms in total. The molecule has 0 spiro atoms. The Morgan fingerprint density at radius 1 is 1.20 bits per heavy atom. The van der Waals surface area contributed by atoms with E-state index in [-0.39, 0.29) is 18.1 Å². The lowest BCUT2D eigenvalue weighted by atomic mass is 10.0. The van der Waals surface area contributed by atoms with Crippen molar-refractivity contribution in [1.82, 2.24) is 15.1 Å². The molecule has 3 rings (SSSR count). The van der Waals surface area contributed by atoms with Crippen molar-refractivity contribution in [3.8, 4) is 0 Å². The molecule has 3 saturated heterocycles. The Morgan fingerprint density at radius 2 is 2.00 bits per heavy atom. The topological polar surface area (TPSA) is 44.8 Å². The predicted octanol–water partition coefficient (Wildman–Crippen LogP) is 0.450. The molecular formula is C15H27N3O2. The first kappa shape index (κ1) is 14.3. The van der Waals surface area contributed by atoms with Crippen LogP contribution >= 0.6 is 0 Å². The van der Waals surface area contributed by atoms with Crippen molar-refractivity contribution in [2.45, 2.75) is 50.8 Å². The van der Waals surface area contributed by atoms with Crippen molar-refractivity contribution < 1.29 is 9.53 Å². The number of nitrogens with zero attached hydrogens (tertiary/aromatic N) is 2. The summed E-state index contributed by atoms with van der Waals surface area (Å²) in [5, 5.41) is 3.32. The molecular weight excluding hydrogens is 254 g/mol. The fourth-order valence-corrected chi connectivity index (χ4v) is 3.77. The van der Waals surface area contributed by atoms with Gasteiger partial charge in [-0.05, 0) is 45.7 Å². The molecule has 0 aromatic rings. The molecule has 0 radical (unpaired) electrons. The number of carbonyl (C=O) groups is 1. The van der Waals surface area contributed by atoms with Crippen LogP contribution in [0.2, 0.25) is 0 Å². The van der Waals surface area contributed by atoms with Crippen LogP contribution in [-0.4, -0.2) is 73.2 Å². The predicted molar refractivity (Wildman–Crippen MR) is 77.6 cm³/mol. The Kier molecular flexibility index (Phi) is 4.58. The van der Waals surface area contributed by atoms with E-state index in [9.17, 15) is 4.79 Å². The zero-order chi connectivity index (χ0) is 13.9. The summed E-state index contributed by atoms with van der Waals surface area (Å²) in [6, 6.07) is 0.427. The first-order chi connectivity index (χ1) is 9.75. The molecule has 0 bridgehead atoms. The Bertz CT molecular complexity index is 344. The Hall–Kier alpha value is -0.650. The molecule has 0 saturated carbocycles. The minimum Gasteiger partial charge on any atom is -0.375 e. The quantitative estimate of drug-likeness (QED) is 0.798. The molecule has 114 valence electrons. The summed E-state index contributed by atoms with van der Waals surface area (Å²) in [4.78, 5) is 17.3. The van der Waals surface area contributed by atoms with Gasteiger partial charge in [-0.15, -0.1) is 0 Å². The van der Waals surface area contributed by atoms with Crippen LogP contribution < -0.4 is 5.32 Å². The first-order valence-corrected chi connectivity index (χ1v) is 8.13. The van der Waals surface area contributed by atoms with Gasteiger partial charge in [-0.2, -0.15) is 0 Å². The van der Waals surface area contributed by atoms with Gasteiger partial charge in [0.1, 0.15) is 6.04 Å². The summed E-state index contributed by atoms with van der Waals surface area (Å²) in [5.74, 6) is 0.237. The molecule has 0 aromatic heterocycles. The van der Waals surface area contributed by atoms with Gasteiger partial charge in [0.2, 0.25) is 5.91 Å². The lowest BCUT2D eigenvalue weighted by Crippen LogP contribution is -2.59. The number of piperidine rings is 1. The number of nitrogens with one attached hydrogen (secondary N) is 1. The van der Waals surface area contributed by atoms with Gasteiger partial charge in [0.05, 0.1) is 12.7 Å². The summed E-state index contributed by atoms with van der Waals surface area (Å²) >= 11 is 0. The van der Waals surface area contributed by atoms with E-state index in [0.717, 1.165) is 26.1 Å². The van der Waals surface area contributed by atoms with Crippen molar-refractivity contribution in [3.05, 3.63) is 0 Å². The Balaban J connectivity index is 1.59. The van der Waals surface area contributed by atoms with Gasteiger partial charge in [0, 0.05) is 25.7 Å². The molecule has 5 heteroatoms. The van der Waals surface area contributed by atoms with Crippen molar-refractivity contribution in [2.24, 2.45) is 0 Å². The number of carbonyl (C=O) groups excluding carboxylic acids is 1. The van der Waals surface area contributed by atoms with E-state index in [1.807, 2.05) is 6.92 Å². The van der Waals surface area contributed by atoms with Crippen LogP contribution in [0.3, 0.4) is 0 Å². The summed E-state index contributed by atoms with van der Waals surface area (Å²) in [6.45, 7) is 7.74. The molecule has 3 aliphatic rings. The van der Waals surface area contributed by atoms with Crippen molar-refractivity contribution >= 4 is 5.91 Å². The van der Waals surface area contributed by atoms with Crippen LogP contribution in [0.4, 0.5) is 0 Å². The number of amides is 1. The SMILES string of the molecule is C[C@H]1OCCN[C@@H]1C(=O)N1CCCC(N2CCCC2)C1. The Morgan fingerprint density at radius 3 is 2.75 bits per heavy atom. The lowest BCUT2D eigenvalue weighted by Gasteiger charge is -2.40. The van der Waals surface area contributed by atoms with E-state index < -0.39 is 0 Å². The van der Waals surface area contributed by atoms with Crippen LogP contribution in [0, 0.1) is 0 Å². The highest BCUT2D eigenvalue weighted by atomic mass is 16.5. The van der Waals surface area contributed by atoms with Gasteiger partial charge >= 0.3 is 0 Å². The van der Waals surface area contributed by atoms with E-state index in [4.69, 9.17) is 4.74 Å². The summed E-state index contributed by atoms with van der Waals surface area (Å²) < 4.78 is 5.61. The summed E-state index contributed by atoms with van der Waals surface area (Å²) in [7, 11) is 0. The minimum atomic E-state index is -0.152. The minimum absolute atomic E-state index is 0.0107. The zero-order valence-electron chi connectivity index (χ0n) is 12.5. The van der Waals surface area contributed by atoms with Crippen LogP contribution in [0.5, 0.6) is 0 Å². The third-order valence-corrected chi connectivity index (χ3v) is 4.95. The second-order valence-corrected chi connectivity index (χ2v) is 6.33. The lowest BCUT2D eigenvalue weighted by molar-refractivity contribution is -0.141. The van der Waals surface area contributed by atoms with Gasteiger partial charge in [-0.3, -0.25) is 9.69 Å². The monoisotopic (exact) mass is 281 g/mol. The molecule has 1 N–H and O–H groups in total. The maximum absolute atomic E-state index is 12.7. The second kappa shape index (κ2) is 6.41. The van der Waals surface area contributed by atoms with Gasteiger partial charge in [-0.1, -0.05) is 0 Å². The van der Waals surface area contributed by atoms with Crippen molar-refractivity contribution in [1.29, 1.82) is 0 Å². The number of hydrogen-bond donors (Lipinski definition) is 1. The van der Waals surface area contributed by atoms with Crippen LogP contribution in [0.15, 0.2) is 0 Å². The molecule has 3 heterocycles. The largest absolute Gasteiger partial charge is 0.375 e. The van der Waals surface area contributed by atoms with E-state index in [0.29, 0.717) is 12.6 Å². The third-order valence-electron chi connectivity index (χ3n) is 4.95. The third kappa shape index (κ3) is 3.00. The maximum atomic E-state index is 12.7. The molecule has 1 unspecified atom stereocenters. The molecule has 0 aliphatic carbocycles. The highest BCUT2D eigenvalue weighted by molar-refractivity contribution is 5.82. The standard InChI is InChI=1S/C15H27N3O2/c1-12-14(16-6-10-20-12)15(19)18-9-4-5-13(11-18)17-7-2-3-8-17/h12-14,16H,2-11H2,1H3/t12-,13?,14+/m1/s1. The molecule has 20 heavy (non-hydrogen) atoms. The van der Waals surface area contributed by atoms with E-state index in [1.54, 1.807) is 0 Å². The molecule has 3 fully saturated rings. The van der Waals surface area contributed by atoms with E-state index in [2.05, 4.69) is 15.1 Å². The molecule has 3 atom stereocenters. The van der Waals surface area contributed by atoms with Crippen molar-refractivity contribution in [3.63, 3.8) is 0 Å². The highest BCUT2D eigenvalue weighted by Gasteiger charge is 2.35. The second-order valence-electron chi connectivity index (χ2n) is 6.33. The fraction of sp³-hybridized carbons (Fsp3) is 0.933. The average molecular weight is 281 g/mol. The summed E-state index contributed by atoms with van der Waals surface area (Å²) in [5.41, 5.74) is 0. The van der Waals surface area contributed by atoms with Crippen LogP contribution in [-0.2, 0) is 9.53 Å². The Labute approximate surface area is 121 Å². The number of ether oxygens (including phenoxy) is 1. The van der Waals surface area contributed by atoms with Crippen molar-refractivity contribution in [2.75, 3.05) is 39.3 Å². The average Bonchev–Trinajstić information content (AvgIpc) is 3.01. The zero-order valence-corrected chi connectivity index (χ0v) is 12.5. The number of likely N-dealkylation sites (tertiary alicyclic amines) is 2. The van der Waals surface area contributed by atoms with Gasteiger partial charge < -0.3 is 15.0 Å². The van der Waals surface area contributed by atoms with E-state index >= 15 is 0 Å². The van der Waals surface area contributed by atoms with Gasteiger partial charge in [0.25, 0.3) is 0 Å². The number of hydrogen-bond acceptors (Lipinski definition) is 4. The molecule has 3 aliphatic heterocycles. The molecule has 0 aromatic carbocycles. The van der Waals surface area contributed by atoms with E-state index in [1.165, 1.54) is 32.4 Å². The molecule has 1 amide bonds. The normalized spacial score (nSPS) is 36.2. The van der Waals surface area contributed by atoms with Gasteiger partial charge in [-0.25, -0.2) is 0 Å².